The zero-order valence-electron chi connectivity index (χ0n) is 15.6. The van der Waals surface area contributed by atoms with Gasteiger partial charge in [0.15, 0.2) is 0 Å². The van der Waals surface area contributed by atoms with Gasteiger partial charge in [0, 0.05) is 22.3 Å². The molecule has 9 nitrogen and oxygen atoms in total. The Labute approximate surface area is 170 Å². The van der Waals surface area contributed by atoms with Gasteiger partial charge in [-0.15, -0.1) is 0 Å². The van der Waals surface area contributed by atoms with E-state index in [2.05, 4.69) is 10.6 Å². The number of benzene rings is 2. The minimum Gasteiger partial charge on any atom is -0.324 e. The number of hydrogen-bond donors (Lipinski definition) is 2. The Morgan fingerprint density at radius 1 is 1.28 bits per heavy atom. The average Bonchev–Trinajstić information content (AvgIpc) is 2.87. The van der Waals surface area contributed by atoms with Crippen molar-refractivity contribution in [3.63, 3.8) is 0 Å². The molecule has 2 aromatic carbocycles. The van der Waals surface area contributed by atoms with E-state index in [9.17, 15) is 24.5 Å². The maximum Gasteiger partial charge on any atom is 0.325 e. The third kappa shape index (κ3) is 3.90. The van der Waals surface area contributed by atoms with Crippen LogP contribution in [0.5, 0.6) is 0 Å². The molecule has 1 aliphatic rings. The molecule has 0 radical (unpaired) electrons. The first-order valence-corrected chi connectivity index (χ1v) is 8.94. The zero-order chi connectivity index (χ0) is 21.3. The van der Waals surface area contributed by atoms with Gasteiger partial charge in [-0.1, -0.05) is 29.8 Å². The summed E-state index contributed by atoms with van der Waals surface area (Å²) in [6, 6.07) is 10.0. The van der Waals surface area contributed by atoms with Gasteiger partial charge in [0.05, 0.1) is 4.92 Å². The minimum absolute atomic E-state index is 0.147. The van der Waals surface area contributed by atoms with E-state index in [0.29, 0.717) is 16.1 Å². The van der Waals surface area contributed by atoms with E-state index in [0.717, 1.165) is 4.90 Å². The van der Waals surface area contributed by atoms with Crippen molar-refractivity contribution < 1.29 is 19.3 Å². The molecule has 2 aromatic rings. The number of urea groups is 1. The van der Waals surface area contributed by atoms with E-state index in [1.54, 1.807) is 31.2 Å². The number of carbonyl (C=O) groups is 3. The monoisotopic (exact) mass is 416 g/mol. The van der Waals surface area contributed by atoms with Gasteiger partial charge < -0.3 is 10.6 Å². The van der Waals surface area contributed by atoms with Gasteiger partial charge in [-0.25, -0.2) is 4.79 Å². The van der Waals surface area contributed by atoms with Crippen LogP contribution >= 0.6 is 11.6 Å². The SMILES string of the molecule is Cc1ccc(NC(=O)CN2C(=O)NC(C)(c3cccc(Cl)c3)C2=O)cc1[N+](=O)[O-]. The fraction of sp³-hybridized carbons (Fsp3) is 0.211. The number of nitro benzene ring substituents is 1. The quantitative estimate of drug-likeness (QED) is 0.441. The molecule has 2 N–H and O–H groups in total. The summed E-state index contributed by atoms with van der Waals surface area (Å²) in [5.74, 6) is -1.27. The molecule has 0 spiro atoms. The molecular formula is C19H17ClN4O5. The molecule has 1 saturated heterocycles. The summed E-state index contributed by atoms with van der Waals surface area (Å²) < 4.78 is 0. The average molecular weight is 417 g/mol. The van der Waals surface area contributed by atoms with Gasteiger partial charge in [-0.05, 0) is 37.6 Å². The van der Waals surface area contributed by atoms with Crippen molar-refractivity contribution in [2.75, 3.05) is 11.9 Å². The molecule has 0 saturated carbocycles. The number of rotatable bonds is 5. The number of hydrogen-bond acceptors (Lipinski definition) is 5. The molecule has 4 amide bonds. The normalized spacial score (nSPS) is 18.5. The number of carbonyl (C=O) groups excluding carboxylic acids is 3. The molecule has 1 fully saturated rings. The Morgan fingerprint density at radius 2 is 2.00 bits per heavy atom. The molecule has 1 unspecified atom stereocenters. The number of halogens is 1. The first-order chi connectivity index (χ1) is 13.6. The largest absolute Gasteiger partial charge is 0.325 e. The number of nitro groups is 1. The van der Waals surface area contributed by atoms with Gasteiger partial charge in [-0.3, -0.25) is 24.6 Å². The smallest absolute Gasteiger partial charge is 0.324 e. The van der Waals surface area contributed by atoms with Crippen molar-refractivity contribution in [1.29, 1.82) is 0 Å². The van der Waals surface area contributed by atoms with Crippen LogP contribution < -0.4 is 10.6 Å². The Kier molecular flexibility index (Phi) is 5.25. The topological polar surface area (TPSA) is 122 Å². The van der Waals surface area contributed by atoms with E-state index in [4.69, 9.17) is 11.6 Å². The zero-order valence-corrected chi connectivity index (χ0v) is 16.3. The molecule has 150 valence electrons. The third-order valence-electron chi connectivity index (χ3n) is 4.67. The Hall–Kier alpha value is -3.46. The lowest BCUT2D eigenvalue weighted by Crippen LogP contribution is -2.42. The molecule has 1 aliphatic heterocycles. The van der Waals surface area contributed by atoms with Gasteiger partial charge in [0.1, 0.15) is 12.1 Å². The standard InChI is InChI=1S/C19H17ClN4O5/c1-11-6-7-14(9-15(11)24(28)29)21-16(25)10-23-17(26)19(2,22-18(23)27)12-4-3-5-13(20)8-12/h3-9H,10H2,1-2H3,(H,21,25)(H,22,27). The molecule has 29 heavy (non-hydrogen) atoms. The van der Waals surface area contributed by atoms with Crippen molar-refractivity contribution in [2.24, 2.45) is 0 Å². The number of amides is 4. The predicted octanol–water partition coefficient (Wildman–Crippen LogP) is 2.96. The maximum atomic E-state index is 12.9. The van der Waals surface area contributed by atoms with Crippen LogP contribution in [0.1, 0.15) is 18.1 Å². The lowest BCUT2D eigenvalue weighted by Gasteiger charge is -2.22. The molecule has 0 bridgehead atoms. The number of nitrogens with zero attached hydrogens (tertiary/aromatic N) is 2. The Morgan fingerprint density at radius 3 is 2.66 bits per heavy atom. The summed E-state index contributed by atoms with van der Waals surface area (Å²) in [4.78, 5) is 48.8. The van der Waals surface area contributed by atoms with E-state index >= 15 is 0 Å². The summed E-state index contributed by atoms with van der Waals surface area (Å²) in [6.45, 7) is 2.57. The van der Waals surface area contributed by atoms with E-state index in [1.807, 2.05) is 0 Å². The van der Waals surface area contributed by atoms with Crippen molar-refractivity contribution in [3.05, 3.63) is 68.7 Å². The Bertz CT molecular complexity index is 1040. The molecule has 0 aromatic heterocycles. The maximum absolute atomic E-state index is 12.9. The van der Waals surface area contributed by atoms with Crippen molar-refractivity contribution in [3.8, 4) is 0 Å². The first kappa shape index (κ1) is 20.3. The number of anilines is 1. The third-order valence-corrected chi connectivity index (χ3v) is 4.90. The second kappa shape index (κ2) is 7.51. The van der Waals surface area contributed by atoms with Gasteiger partial charge in [0.25, 0.3) is 11.6 Å². The van der Waals surface area contributed by atoms with Gasteiger partial charge >= 0.3 is 6.03 Å². The molecule has 0 aliphatic carbocycles. The van der Waals surface area contributed by atoms with Crippen LogP contribution in [-0.2, 0) is 15.1 Å². The predicted molar refractivity (Wildman–Crippen MR) is 106 cm³/mol. The highest BCUT2D eigenvalue weighted by Gasteiger charge is 2.49. The summed E-state index contributed by atoms with van der Waals surface area (Å²) in [7, 11) is 0. The molecule has 10 heteroatoms. The van der Waals surface area contributed by atoms with Crippen LogP contribution in [0.2, 0.25) is 5.02 Å². The summed E-state index contributed by atoms with van der Waals surface area (Å²) in [6.07, 6.45) is 0. The highest BCUT2D eigenvalue weighted by molar-refractivity contribution is 6.30. The summed E-state index contributed by atoms with van der Waals surface area (Å²) >= 11 is 5.98. The van der Waals surface area contributed by atoms with Crippen LogP contribution in [-0.4, -0.2) is 34.2 Å². The molecule has 3 rings (SSSR count). The highest BCUT2D eigenvalue weighted by atomic mass is 35.5. The number of nitrogens with one attached hydrogen (secondary N) is 2. The van der Waals surface area contributed by atoms with E-state index in [-0.39, 0.29) is 11.4 Å². The lowest BCUT2D eigenvalue weighted by atomic mass is 9.92. The second-order valence-corrected chi connectivity index (χ2v) is 7.20. The number of aryl methyl sites for hydroxylation is 1. The molecule has 1 atom stereocenters. The van der Waals surface area contributed by atoms with E-state index < -0.39 is 34.9 Å². The van der Waals surface area contributed by atoms with E-state index in [1.165, 1.54) is 25.1 Å². The fourth-order valence-corrected chi connectivity index (χ4v) is 3.25. The lowest BCUT2D eigenvalue weighted by molar-refractivity contribution is -0.385. The minimum atomic E-state index is -1.36. The molecular weight excluding hydrogens is 400 g/mol. The molecule has 1 heterocycles. The first-order valence-electron chi connectivity index (χ1n) is 8.57. The number of imide groups is 1. The van der Waals surface area contributed by atoms with Crippen molar-refractivity contribution in [2.45, 2.75) is 19.4 Å². The van der Waals surface area contributed by atoms with Gasteiger partial charge in [-0.2, -0.15) is 0 Å². The van der Waals surface area contributed by atoms with Crippen LogP contribution in [0.4, 0.5) is 16.2 Å². The second-order valence-electron chi connectivity index (χ2n) is 6.76. The van der Waals surface area contributed by atoms with Crippen LogP contribution in [0, 0.1) is 17.0 Å². The van der Waals surface area contributed by atoms with Gasteiger partial charge in [0.2, 0.25) is 5.91 Å². The summed E-state index contributed by atoms with van der Waals surface area (Å²) in [5, 5.41) is 16.5. The Balaban J connectivity index is 1.76. The van der Waals surface area contributed by atoms with Crippen LogP contribution in [0.15, 0.2) is 42.5 Å². The fourth-order valence-electron chi connectivity index (χ4n) is 3.06. The summed E-state index contributed by atoms with van der Waals surface area (Å²) in [5.41, 5.74) is -0.381. The highest BCUT2D eigenvalue weighted by Crippen LogP contribution is 2.30. The van der Waals surface area contributed by atoms with Crippen molar-refractivity contribution in [1.82, 2.24) is 10.2 Å². The van der Waals surface area contributed by atoms with Crippen LogP contribution in [0.25, 0.3) is 0 Å². The van der Waals surface area contributed by atoms with Crippen molar-refractivity contribution >= 4 is 40.8 Å². The van der Waals surface area contributed by atoms with Crippen LogP contribution in [0.3, 0.4) is 0 Å².